The number of carbonyl (C=O) groups is 1. The van der Waals surface area contributed by atoms with Crippen molar-refractivity contribution in [2.75, 3.05) is 28.4 Å². The Kier molecular flexibility index (Phi) is 8.54. The molecule has 0 N–H and O–H groups in total. The van der Waals surface area contributed by atoms with E-state index in [-0.39, 0.29) is 29.3 Å². The van der Waals surface area contributed by atoms with Gasteiger partial charge in [-0.05, 0) is 37.1 Å². The van der Waals surface area contributed by atoms with Crippen molar-refractivity contribution in [1.29, 1.82) is 0 Å². The number of hydrogen-bond acceptors (Lipinski definition) is 8. The lowest BCUT2D eigenvalue weighted by atomic mass is 10.1. The minimum absolute atomic E-state index is 0.0844. The highest BCUT2D eigenvalue weighted by Gasteiger charge is 2.24. The summed E-state index contributed by atoms with van der Waals surface area (Å²) in [6, 6.07) is 8.14. The lowest BCUT2D eigenvalue weighted by Crippen LogP contribution is -2.13. The molecule has 1 atom stereocenters. The van der Waals surface area contributed by atoms with Gasteiger partial charge in [0.25, 0.3) is 0 Å². The molecule has 8 heteroatoms. The van der Waals surface area contributed by atoms with Crippen LogP contribution in [0, 0.1) is 5.92 Å². The van der Waals surface area contributed by atoms with Gasteiger partial charge in [-0.25, -0.2) is 4.79 Å². The van der Waals surface area contributed by atoms with Crippen molar-refractivity contribution in [3.05, 3.63) is 41.5 Å². The zero-order valence-electron chi connectivity index (χ0n) is 18.9. The maximum Gasteiger partial charge on any atom is 0.343 e. The fourth-order valence-electron chi connectivity index (χ4n) is 2.53. The molecule has 31 heavy (non-hydrogen) atoms. The summed E-state index contributed by atoms with van der Waals surface area (Å²) < 4.78 is 27.1. The maximum absolute atomic E-state index is 12.7. The van der Waals surface area contributed by atoms with E-state index in [1.807, 2.05) is 20.8 Å². The lowest BCUT2D eigenvalue weighted by Gasteiger charge is -2.18. The van der Waals surface area contributed by atoms with Crippen LogP contribution in [0.3, 0.4) is 0 Å². The quantitative estimate of drug-likeness (QED) is 0.239. The number of methoxy groups -OCH3 is 4. The van der Waals surface area contributed by atoms with E-state index in [2.05, 4.69) is 5.16 Å². The van der Waals surface area contributed by atoms with Crippen LogP contribution in [0.2, 0.25) is 0 Å². The third-order valence-corrected chi connectivity index (χ3v) is 4.71. The van der Waals surface area contributed by atoms with Crippen LogP contribution in [0.4, 0.5) is 0 Å². The molecule has 2 aromatic rings. The summed E-state index contributed by atoms with van der Waals surface area (Å²) in [4.78, 5) is 18.2. The number of hydrogen-bond donors (Lipinski definition) is 0. The first-order valence-electron chi connectivity index (χ1n) is 9.74. The van der Waals surface area contributed by atoms with Crippen molar-refractivity contribution in [3.63, 3.8) is 0 Å². The minimum atomic E-state index is -0.586. The zero-order chi connectivity index (χ0) is 23.0. The number of oxime groups is 1. The Morgan fingerprint density at radius 3 is 2.03 bits per heavy atom. The van der Waals surface area contributed by atoms with Crippen LogP contribution >= 0.6 is 0 Å². The van der Waals surface area contributed by atoms with Gasteiger partial charge in [-0.3, -0.25) is 0 Å². The lowest BCUT2D eigenvalue weighted by molar-refractivity contribution is 0.0414. The normalized spacial score (nSPS) is 11.9. The molecule has 0 amide bonds. The predicted octanol–water partition coefficient (Wildman–Crippen LogP) is 4.34. The van der Waals surface area contributed by atoms with E-state index in [4.69, 9.17) is 28.5 Å². The van der Waals surface area contributed by atoms with Crippen molar-refractivity contribution in [3.8, 4) is 28.7 Å². The zero-order valence-corrected chi connectivity index (χ0v) is 18.9. The molecule has 0 radical (unpaired) electrons. The molecule has 1 unspecified atom stereocenters. The van der Waals surface area contributed by atoms with E-state index < -0.39 is 5.97 Å². The summed E-state index contributed by atoms with van der Waals surface area (Å²) in [6.07, 6.45) is 1.37. The van der Waals surface area contributed by atoms with E-state index >= 15 is 0 Å². The van der Waals surface area contributed by atoms with Crippen LogP contribution < -0.4 is 23.7 Å². The van der Waals surface area contributed by atoms with E-state index in [9.17, 15) is 4.79 Å². The van der Waals surface area contributed by atoms with Gasteiger partial charge >= 0.3 is 5.97 Å². The molecule has 0 spiro atoms. The highest BCUT2D eigenvalue weighted by molar-refractivity contribution is 5.94. The Balaban J connectivity index is 2.44. The van der Waals surface area contributed by atoms with Gasteiger partial charge in [-0.1, -0.05) is 19.0 Å². The van der Waals surface area contributed by atoms with Gasteiger partial charge in [0.15, 0.2) is 11.5 Å². The number of nitrogens with zero attached hydrogens (tertiary/aromatic N) is 1. The molecule has 8 nitrogen and oxygen atoms in total. The molecule has 2 rings (SSSR count). The first kappa shape index (κ1) is 23.9. The third kappa shape index (κ3) is 5.81. The summed E-state index contributed by atoms with van der Waals surface area (Å²) in [6.45, 7) is 5.99. The third-order valence-electron chi connectivity index (χ3n) is 4.71. The molecule has 0 heterocycles. The average Bonchev–Trinajstić information content (AvgIpc) is 2.78. The first-order valence-corrected chi connectivity index (χ1v) is 9.74. The Morgan fingerprint density at radius 2 is 1.52 bits per heavy atom. The predicted molar refractivity (Wildman–Crippen MR) is 117 cm³/mol. The van der Waals surface area contributed by atoms with Gasteiger partial charge in [0.05, 0.1) is 45.8 Å². The van der Waals surface area contributed by atoms with Gasteiger partial charge in [-0.15, -0.1) is 0 Å². The van der Waals surface area contributed by atoms with Crippen molar-refractivity contribution in [1.82, 2.24) is 0 Å². The van der Waals surface area contributed by atoms with Crippen LogP contribution in [0.25, 0.3) is 0 Å². The topological polar surface area (TPSA) is 84.8 Å². The van der Waals surface area contributed by atoms with E-state index in [0.717, 1.165) is 0 Å². The standard InChI is InChI=1S/C23H29NO7/c1-14(2)15(3)31-24-13-18-19(27-5)12-20(28-6)22(21(18)29-7)30-23(25)16-8-10-17(26-4)11-9-16/h8-15H,1-7H3/b24-13+. The SMILES string of the molecule is COc1ccc(C(=O)Oc2c(OC)cc(OC)c(/C=N/OC(C)C(C)C)c2OC)cc1. The molecule has 0 aliphatic carbocycles. The Morgan fingerprint density at radius 1 is 0.871 bits per heavy atom. The number of esters is 1. The van der Waals surface area contributed by atoms with Crippen molar-refractivity contribution < 1.29 is 33.3 Å². The van der Waals surface area contributed by atoms with Crippen LogP contribution in [-0.2, 0) is 4.84 Å². The van der Waals surface area contributed by atoms with Crippen LogP contribution in [0.5, 0.6) is 28.7 Å². The number of rotatable bonds is 10. The molecular weight excluding hydrogens is 402 g/mol. The van der Waals surface area contributed by atoms with Gasteiger partial charge in [0, 0.05) is 6.07 Å². The smallest absolute Gasteiger partial charge is 0.343 e. The van der Waals surface area contributed by atoms with Gasteiger partial charge in [0.2, 0.25) is 5.75 Å². The molecule has 2 aromatic carbocycles. The maximum atomic E-state index is 12.7. The largest absolute Gasteiger partial charge is 0.497 e. The fraction of sp³-hybridized carbons (Fsp3) is 0.391. The summed E-state index contributed by atoms with van der Waals surface area (Å²) in [5, 5.41) is 4.05. The van der Waals surface area contributed by atoms with Crippen LogP contribution in [0.1, 0.15) is 36.7 Å². The highest BCUT2D eigenvalue weighted by atomic mass is 16.6. The molecule has 0 fully saturated rings. The second-order valence-corrected chi connectivity index (χ2v) is 6.96. The van der Waals surface area contributed by atoms with E-state index in [1.165, 1.54) is 27.5 Å². The summed E-state index contributed by atoms with van der Waals surface area (Å²) in [7, 11) is 5.97. The number of carbonyl (C=O) groups excluding carboxylic acids is 1. The van der Waals surface area contributed by atoms with Crippen molar-refractivity contribution >= 4 is 12.2 Å². The van der Waals surface area contributed by atoms with Crippen molar-refractivity contribution in [2.24, 2.45) is 11.1 Å². The molecule has 0 bridgehead atoms. The number of benzene rings is 2. The monoisotopic (exact) mass is 431 g/mol. The Labute approximate surface area is 182 Å². The summed E-state index contributed by atoms with van der Waals surface area (Å²) >= 11 is 0. The van der Waals surface area contributed by atoms with Crippen molar-refractivity contribution in [2.45, 2.75) is 26.9 Å². The van der Waals surface area contributed by atoms with E-state index in [0.29, 0.717) is 22.6 Å². The van der Waals surface area contributed by atoms with E-state index in [1.54, 1.807) is 37.4 Å². The van der Waals surface area contributed by atoms with Gasteiger partial charge in [0.1, 0.15) is 17.6 Å². The van der Waals surface area contributed by atoms with Gasteiger partial charge < -0.3 is 28.5 Å². The molecule has 0 aliphatic rings. The average molecular weight is 431 g/mol. The van der Waals surface area contributed by atoms with Gasteiger partial charge in [-0.2, -0.15) is 0 Å². The molecular formula is C23H29NO7. The summed E-state index contributed by atoms with van der Waals surface area (Å²) in [5.74, 6) is 1.35. The Bertz CT molecular complexity index is 907. The van der Waals surface area contributed by atoms with Crippen LogP contribution in [-0.4, -0.2) is 46.7 Å². The second kappa shape index (κ2) is 11.1. The fourth-order valence-corrected chi connectivity index (χ4v) is 2.53. The minimum Gasteiger partial charge on any atom is -0.497 e. The molecule has 0 saturated heterocycles. The molecule has 0 aliphatic heterocycles. The second-order valence-electron chi connectivity index (χ2n) is 6.96. The van der Waals surface area contributed by atoms with Crippen LogP contribution in [0.15, 0.2) is 35.5 Å². The molecule has 168 valence electrons. The first-order chi connectivity index (χ1) is 14.9. The Hall–Kier alpha value is -3.42. The highest BCUT2D eigenvalue weighted by Crippen LogP contribution is 2.45. The molecule has 0 saturated carbocycles. The number of ether oxygens (including phenoxy) is 5. The summed E-state index contributed by atoms with van der Waals surface area (Å²) in [5.41, 5.74) is 0.782. The molecule has 0 aromatic heterocycles.